The van der Waals surface area contributed by atoms with E-state index in [1.54, 1.807) is 18.2 Å². The largest absolute Gasteiger partial charge is 0.493 e. The van der Waals surface area contributed by atoms with Gasteiger partial charge in [0.15, 0.2) is 11.5 Å². The Balaban J connectivity index is 1.83. The summed E-state index contributed by atoms with van der Waals surface area (Å²) in [5.74, 6) is 0.494. The number of hydrogen-bond acceptors (Lipinski definition) is 7. The quantitative estimate of drug-likeness (QED) is 0.272. The summed E-state index contributed by atoms with van der Waals surface area (Å²) in [6.07, 6.45) is 2.15. The Labute approximate surface area is 196 Å². The Morgan fingerprint density at radius 2 is 1.62 bits per heavy atom. The number of carbonyl (C=O) groups excluding carboxylic acids is 1. The van der Waals surface area contributed by atoms with Crippen molar-refractivity contribution in [1.82, 2.24) is 0 Å². The number of nitrogens with zero attached hydrogens (tertiary/aromatic N) is 1. The topological polar surface area (TPSA) is 125 Å². The standard InChI is InChI=1S/C24H22N2O7S/c1-4-5-16-14-17(15-22(32-2)23(16)33-3)24(27)25-18-6-10-20(11-7-18)34(30,31)21-12-8-19(9-13-21)26(28)29/h4,6-15H,1,5H2,2-3H3,(H,25,27). The Hall–Kier alpha value is -4.18. The van der Waals surface area contributed by atoms with Crippen molar-refractivity contribution in [3.63, 3.8) is 0 Å². The maximum atomic E-state index is 12.8. The van der Waals surface area contributed by atoms with Crippen LogP contribution in [0.4, 0.5) is 11.4 Å². The van der Waals surface area contributed by atoms with Crippen LogP contribution in [0.5, 0.6) is 11.5 Å². The summed E-state index contributed by atoms with van der Waals surface area (Å²) in [6, 6.07) is 13.5. The zero-order chi connectivity index (χ0) is 24.9. The lowest BCUT2D eigenvalue weighted by Gasteiger charge is -2.14. The summed E-state index contributed by atoms with van der Waals surface area (Å²) in [6.45, 7) is 3.72. The van der Waals surface area contributed by atoms with Crippen LogP contribution in [-0.4, -0.2) is 33.5 Å². The van der Waals surface area contributed by atoms with Crippen LogP contribution in [0.2, 0.25) is 0 Å². The van der Waals surface area contributed by atoms with Crippen molar-refractivity contribution in [2.75, 3.05) is 19.5 Å². The van der Waals surface area contributed by atoms with E-state index in [0.717, 1.165) is 17.7 Å². The van der Waals surface area contributed by atoms with Gasteiger partial charge in [-0.2, -0.15) is 0 Å². The number of non-ortho nitro benzene ring substituents is 1. The number of allylic oxidation sites excluding steroid dienone is 1. The highest BCUT2D eigenvalue weighted by Crippen LogP contribution is 2.33. The second-order valence-electron chi connectivity index (χ2n) is 7.10. The molecule has 0 unspecified atom stereocenters. The highest BCUT2D eigenvalue weighted by molar-refractivity contribution is 7.91. The monoisotopic (exact) mass is 482 g/mol. The van der Waals surface area contributed by atoms with E-state index in [1.165, 1.54) is 50.6 Å². The molecule has 0 aliphatic carbocycles. The molecule has 1 N–H and O–H groups in total. The van der Waals surface area contributed by atoms with Crippen LogP contribution in [-0.2, 0) is 16.3 Å². The highest BCUT2D eigenvalue weighted by Gasteiger charge is 2.20. The molecule has 3 rings (SSSR count). The van der Waals surface area contributed by atoms with E-state index in [4.69, 9.17) is 9.47 Å². The molecule has 0 saturated heterocycles. The summed E-state index contributed by atoms with van der Waals surface area (Å²) in [4.78, 5) is 22.9. The molecule has 0 saturated carbocycles. The third kappa shape index (κ3) is 5.07. The number of ether oxygens (including phenoxy) is 2. The van der Waals surface area contributed by atoms with Gasteiger partial charge in [0.2, 0.25) is 9.84 Å². The average Bonchev–Trinajstić information content (AvgIpc) is 2.84. The molecule has 0 heterocycles. The molecule has 0 aliphatic rings. The van der Waals surface area contributed by atoms with Crippen LogP contribution < -0.4 is 14.8 Å². The van der Waals surface area contributed by atoms with Crippen LogP contribution >= 0.6 is 0 Å². The molecule has 0 radical (unpaired) electrons. The maximum Gasteiger partial charge on any atom is 0.269 e. The molecule has 3 aromatic rings. The number of sulfone groups is 1. The first-order chi connectivity index (χ1) is 16.2. The minimum absolute atomic E-state index is 0.0151. The first-order valence-corrected chi connectivity index (χ1v) is 11.5. The van der Waals surface area contributed by atoms with Crippen LogP contribution in [0.1, 0.15) is 15.9 Å². The fraction of sp³-hybridized carbons (Fsp3) is 0.125. The zero-order valence-electron chi connectivity index (χ0n) is 18.5. The number of rotatable bonds is 9. The first kappa shape index (κ1) is 24.5. The smallest absolute Gasteiger partial charge is 0.269 e. The normalized spacial score (nSPS) is 10.9. The van der Waals surface area contributed by atoms with Crippen molar-refractivity contribution in [3.8, 4) is 11.5 Å². The fourth-order valence-electron chi connectivity index (χ4n) is 3.29. The predicted molar refractivity (Wildman–Crippen MR) is 126 cm³/mol. The summed E-state index contributed by atoms with van der Waals surface area (Å²) in [5, 5.41) is 13.5. The van der Waals surface area contributed by atoms with Crippen LogP contribution in [0.15, 0.2) is 83.1 Å². The highest BCUT2D eigenvalue weighted by atomic mass is 32.2. The van der Waals surface area contributed by atoms with Gasteiger partial charge in [-0.15, -0.1) is 6.58 Å². The van der Waals surface area contributed by atoms with Crippen LogP contribution in [0, 0.1) is 10.1 Å². The van der Waals surface area contributed by atoms with E-state index in [9.17, 15) is 23.3 Å². The Morgan fingerprint density at radius 1 is 1.03 bits per heavy atom. The van der Waals surface area contributed by atoms with Gasteiger partial charge in [0.1, 0.15) is 0 Å². The van der Waals surface area contributed by atoms with Crippen LogP contribution in [0.3, 0.4) is 0 Å². The Bertz CT molecular complexity index is 1330. The number of methoxy groups -OCH3 is 2. The molecule has 1 amide bonds. The number of hydrogen-bond donors (Lipinski definition) is 1. The zero-order valence-corrected chi connectivity index (χ0v) is 19.3. The van der Waals surface area contributed by atoms with E-state index >= 15 is 0 Å². The van der Waals surface area contributed by atoms with Gasteiger partial charge in [0, 0.05) is 28.9 Å². The molecule has 176 valence electrons. The molecule has 34 heavy (non-hydrogen) atoms. The van der Waals surface area contributed by atoms with Crippen molar-refractivity contribution in [2.45, 2.75) is 16.2 Å². The summed E-state index contributed by atoms with van der Waals surface area (Å²) in [5.41, 5.74) is 1.24. The number of nitrogens with one attached hydrogen (secondary N) is 1. The van der Waals surface area contributed by atoms with Gasteiger partial charge in [0.05, 0.1) is 28.9 Å². The van der Waals surface area contributed by atoms with Gasteiger partial charge >= 0.3 is 0 Å². The minimum atomic E-state index is -3.88. The van der Waals surface area contributed by atoms with Gasteiger partial charge in [0.25, 0.3) is 11.6 Å². The predicted octanol–water partition coefficient (Wildman–Crippen LogP) is 4.43. The number of benzene rings is 3. The van der Waals surface area contributed by atoms with Gasteiger partial charge in [-0.1, -0.05) is 6.08 Å². The maximum absolute atomic E-state index is 12.8. The minimum Gasteiger partial charge on any atom is -0.493 e. The van der Waals surface area contributed by atoms with Crippen LogP contribution in [0.25, 0.3) is 0 Å². The molecule has 0 bridgehead atoms. The van der Waals surface area contributed by atoms with E-state index in [2.05, 4.69) is 11.9 Å². The molecule has 0 fully saturated rings. The Morgan fingerprint density at radius 3 is 2.12 bits per heavy atom. The average molecular weight is 483 g/mol. The molecule has 0 aromatic heterocycles. The molecule has 0 aliphatic heterocycles. The molecule has 3 aromatic carbocycles. The summed E-state index contributed by atoms with van der Waals surface area (Å²) in [7, 11) is -0.899. The number of carbonyl (C=O) groups is 1. The van der Waals surface area contributed by atoms with Crippen molar-refractivity contribution < 1.29 is 27.6 Å². The Kier molecular flexibility index (Phi) is 7.32. The number of amides is 1. The van der Waals surface area contributed by atoms with E-state index < -0.39 is 20.7 Å². The first-order valence-electron chi connectivity index (χ1n) is 9.98. The third-order valence-electron chi connectivity index (χ3n) is 4.96. The molecule has 9 nitrogen and oxygen atoms in total. The lowest BCUT2D eigenvalue weighted by atomic mass is 10.0. The lowest BCUT2D eigenvalue weighted by Crippen LogP contribution is -2.13. The molecule has 0 spiro atoms. The number of anilines is 1. The van der Waals surface area contributed by atoms with Gasteiger partial charge in [-0.05, 0) is 55.0 Å². The lowest BCUT2D eigenvalue weighted by molar-refractivity contribution is -0.384. The summed E-state index contributed by atoms with van der Waals surface area (Å²) >= 11 is 0. The van der Waals surface area contributed by atoms with E-state index in [-0.39, 0.29) is 15.5 Å². The number of nitro groups is 1. The van der Waals surface area contributed by atoms with E-state index in [1.807, 2.05) is 0 Å². The van der Waals surface area contributed by atoms with Gasteiger partial charge < -0.3 is 14.8 Å². The van der Waals surface area contributed by atoms with Crippen molar-refractivity contribution >= 4 is 27.1 Å². The molecular weight excluding hydrogens is 460 g/mol. The van der Waals surface area contributed by atoms with Crippen molar-refractivity contribution in [2.24, 2.45) is 0 Å². The molecule has 10 heteroatoms. The van der Waals surface area contributed by atoms with Crippen molar-refractivity contribution in [1.29, 1.82) is 0 Å². The fourth-order valence-corrected chi connectivity index (χ4v) is 4.55. The van der Waals surface area contributed by atoms with Gasteiger partial charge in [-0.25, -0.2) is 8.42 Å². The van der Waals surface area contributed by atoms with E-state index in [0.29, 0.717) is 29.2 Å². The second kappa shape index (κ2) is 10.2. The molecule has 0 atom stereocenters. The SMILES string of the molecule is C=CCc1cc(C(=O)Nc2ccc(S(=O)(=O)c3ccc([N+](=O)[O-])cc3)cc2)cc(OC)c1OC. The number of nitro benzene ring substituents is 1. The second-order valence-corrected chi connectivity index (χ2v) is 9.05. The van der Waals surface area contributed by atoms with Crippen molar-refractivity contribution in [3.05, 3.63) is 94.6 Å². The molecular formula is C24H22N2O7S. The van der Waals surface area contributed by atoms with Gasteiger partial charge in [-0.3, -0.25) is 14.9 Å². The third-order valence-corrected chi connectivity index (χ3v) is 6.75. The summed E-state index contributed by atoms with van der Waals surface area (Å²) < 4.78 is 36.3.